The molecular formula is C20H22BrNO6. The number of carbonyl (C=O) groups is 3. The minimum Gasteiger partial charge on any atom is -0.495 e. The van der Waals surface area contributed by atoms with Crippen LogP contribution in [0.25, 0.3) is 0 Å². The average Bonchev–Trinajstić information content (AvgIpc) is 2.95. The molecule has 150 valence electrons. The van der Waals surface area contributed by atoms with Crippen LogP contribution < -0.4 is 9.47 Å². The van der Waals surface area contributed by atoms with Gasteiger partial charge >= 0.3 is 5.97 Å². The van der Waals surface area contributed by atoms with E-state index in [0.717, 1.165) is 0 Å². The summed E-state index contributed by atoms with van der Waals surface area (Å²) in [5.41, 5.74) is 2.07. The number of hydrogen-bond acceptors (Lipinski definition) is 6. The molecule has 0 fully saturated rings. The summed E-state index contributed by atoms with van der Waals surface area (Å²) in [4.78, 5) is 40.0. The van der Waals surface area contributed by atoms with Gasteiger partial charge in [0.25, 0.3) is 0 Å². The van der Waals surface area contributed by atoms with Crippen molar-refractivity contribution in [3.8, 4) is 11.5 Å². The molecular weight excluding hydrogens is 430 g/mol. The van der Waals surface area contributed by atoms with E-state index >= 15 is 0 Å². The molecule has 1 atom stereocenters. The van der Waals surface area contributed by atoms with Crippen molar-refractivity contribution >= 4 is 33.5 Å². The highest BCUT2D eigenvalue weighted by molar-refractivity contribution is 9.10. The summed E-state index contributed by atoms with van der Waals surface area (Å²) in [7, 11) is 2.92. The zero-order valence-corrected chi connectivity index (χ0v) is 18.1. The lowest BCUT2D eigenvalue weighted by Crippen LogP contribution is -2.25. The fraction of sp³-hybridized carbons (Fsp3) is 0.350. The molecule has 2 rings (SSSR count). The Labute approximate surface area is 171 Å². The van der Waals surface area contributed by atoms with E-state index in [1.165, 1.54) is 40.2 Å². The van der Waals surface area contributed by atoms with E-state index < -0.39 is 17.9 Å². The SMILES string of the molecule is COc1cc(C(=O)OC(C)C(=O)c2[nH]c(C)c(C(C)=O)c2C)cc(OC)c1Br. The van der Waals surface area contributed by atoms with E-state index in [1.54, 1.807) is 13.8 Å². The Balaban J connectivity index is 2.27. The fourth-order valence-electron chi connectivity index (χ4n) is 3.00. The first kappa shape index (κ1) is 21.7. The summed E-state index contributed by atoms with van der Waals surface area (Å²) in [6, 6.07) is 2.98. The Morgan fingerprint density at radius 3 is 2.04 bits per heavy atom. The number of H-pyrrole nitrogens is 1. The Bertz CT molecular complexity index is 921. The minimum absolute atomic E-state index is 0.135. The predicted molar refractivity (Wildman–Crippen MR) is 107 cm³/mol. The Hall–Kier alpha value is -2.61. The molecule has 28 heavy (non-hydrogen) atoms. The van der Waals surface area contributed by atoms with Gasteiger partial charge in [-0.2, -0.15) is 0 Å². The third-order valence-corrected chi connectivity index (χ3v) is 5.15. The second-order valence-corrected chi connectivity index (χ2v) is 7.08. The zero-order chi connectivity index (χ0) is 21.2. The number of carbonyl (C=O) groups excluding carboxylic acids is 3. The maximum atomic E-state index is 12.7. The van der Waals surface area contributed by atoms with Crippen LogP contribution in [-0.2, 0) is 4.74 Å². The second-order valence-electron chi connectivity index (χ2n) is 6.29. The third kappa shape index (κ3) is 4.11. The van der Waals surface area contributed by atoms with Crippen molar-refractivity contribution in [1.82, 2.24) is 4.98 Å². The molecule has 0 saturated carbocycles. The number of halogens is 1. The monoisotopic (exact) mass is 451 g/mol. The lowest BCUT2D eigenvalue weighted by Gasteiger charge is -2.14. The first-order valence-corrected chi connectivity index (χ1v) is 9.28. The molecule has 0 amide bonds. The molecule has 0 aliphatic rings. The van der Waals surface area contributed by atoms with Crippen LogP contribution in [0.3, 0.4) is 0 Å². The Morgan fingerprint density at radius 1 is 1.07 bits per heavy atom. The molecule has 8 heteroatoms. The molecule has 1 N–H and O–H groups in total. The number of aromatic nitrogens is 1. The molecule has 1 heterocycles. The van der Waals surface area contributed by atoms with E-state index in [9.17, 15) is 14.4 Å². The molecule has 0 radical (unpaired) electrons. The number of aromatic amines is 1. The number of nitrogens with one attached hydrogen (secondary N) is 1. The van der Waals surface area contributed by atoms with E-state index in [1.807, 2.05) is 0 Å². The average molecular weight is 452 g/mol. The number of ketones is 2. The van der Waals surface area contributed by atoms with Crippen molar-refractivity contribution in [2.75, 3.05) is 14.2 Å². The van der Waals surface area contributed by atoms with Gasteiger partial charge in [-0.1, -0.05) is 0 Å². The van der Waals surface area contributed by atoms with E-state index in [4.69, 9.17) is 14.2 Å². The van der Waals surface area contributed by atoms with Crippen LogP contribution in [0.15, 0.2) is 16.6 Å². The standard InChI is InChI=1S/C20H22BrNO6/c1-9-16(11(3)23)10(2)22-18(9)19(24)12(4)28-20(25)13-7-14(26-5)17(21)15(8-13)27-6/h7-8,12,22H,1-6H3. The Kier molecular flexibility index (Phi) is 6.66. The van der Waals surface area contributed by atoms with E-state index in [-0.39, 0.29) is 17.0 Å². The highest BCUT2D eigenvalue weighted by atomic mass is 79.9. The number of aryl methyl sites for hydroxylation is 1. The van der Waals surface area contributed by atoms with Gasteiger partial charge < -0.3 is 19.2 Å². The number of benzene rings is 1. The largest absolute Gasteiger partial charge is 0.495 e. The first-order chi connectivity index (χ1) is 13.1. The zero-order valence-electron chi connectivity index (χ0n) is 16.6. The number of Topliss-reactive ketones (excluding diaryl/α,β-unsaturated/α-hetero) is 2. The molecule has 0 aliphatic heterocycles. The number of esters is 1. The normalized spacial score (nSPS) is 11.7. The number of hydrogen-bond donors (Lipinski definition) is 1. The molecule has 0 saturated heterocycles. The molecule has 1 unspecified atom stereocenters. The van der Waals surface area contributed by atoms with Crippen molar-refractivity contribution in [3.63, 3.8) is 0 Å². The third-order valence-electron chi connectivity index (χ3n) is 4.37. The quantitative estimate of drug-likeness (QED) is 0.504. The second kappa shape index (κ2) is 8.60. The van der Waals surface area contributed by atoms with Crippen LogP contribution in [0.5, 0.6) is 11.5 Å². The van der Waals surface area contributed by atoms with Crippen molar-refractivity contribution in [2.24, 2.45) is 0 Å². The van der Waals surface area contributed by atoms with Gasteiger partial charge in [-0.15, -0.1) is 0 Å². The van der Waals surface area contributed by atoms with Crippen LogP contribution >= 0.6 is 15.9 Å². The molecule has 2 aromatic rings. The van der Waals surface area contributed by atoms with Gasteiger partial charge in [0.05, 0.1) is 25.5 Å². The summed E-state index contributed by atoms with van der Waals surface area (Å²) < 4.78 is 16.3. The molecule has 1 aromatic heterocycles. The van der Waals surface area contributed by atoms with Gasteiger partial charge in [0, 0.05) is 11.3 Å². The van der Waals surface area contributed by atoms with Gasteiger partial charge in [-0.05, 0) is 61.3 Å². The topological polar surface area (TPSA) is 94.7 Å². The van der Waals surface area contributed by atoms with Crippen molar-refractivity contribution in [1.29, 1.82) is 0 Å². The van der Waals surface area contributed by atoms with Gasteiger partial charge in [0.1, 0.15) is 16.0 Å². The van der Waals surface area contributed by atoms with E-state index in [2.05, 4.69) is 20.9 Å². The maximum absolute atomic E-state index is 12.7. The van der Waals surface area contributed by atoms with Crippen LogP contribution in [0.2, 0.25) is 0 Å². The fourth-order valence-corrected chi connectivity index (χ4v) is 3.55. The molecule has 0 bridgehead atoms. The molecule has 0 aliphatic carbocycles. The van der Waals surface area contributed by atoms with Crippen molar-refractivity contribution in [3.05, 3.63) is 44.7 Å². The Morgan fingerprint density at radius 2 is 1.61 bits per heavy atom. The number of methoxy groups -OCH3 is 2. The summed E-state index contributed by atoms with van der Waals surface area (Å²) in [5.74, 6) is -0.460. The lowest BCUT2D eigenvalue weighted by molar-refractivity contribution is 0.0316. The van der Waals surface area contributed by atoms with Crippen LogP contribution in [-0.4, -0.2) is 42.8 Å². The lowest BCUT2D eigenvalue weighted by atomic mass is 10.0. The van der Waals surface area contributed by atoms with Crippen LogP contribution in [0.1, 0.15) is 56.3 Å². The highest BCUT2D eigenvalue weighted by Gasteiger charge is 2.27. The van der Waals surface area contributed by atoms with Crippen molar-refractivity contribution in [2.45, 2.75) is 33.8 Å². The van der Waals surface area contributed by atoms with Gasteiger partial charge in [-0.25, -0.2) is 4.79 Å². The van der Waals surface area contributed by atoms with E-state index in [0.29, 0.717) is 32.8 Å². The first-order valence-electron chi connectivity index (χ1n) is 8.49. The van der Waals surface area contributed by atoms with Gasteiger partial charge in [0.2, 0.25) is 5.78 Å². The van der Waals surface area contributed by atoms with Crippen molar-refractivity contribution < 1.29 is 28.6 Å². The molecule has 7 nitrogen and oxygen atoms in total. The number of rotatable bonds is 7. The number of ether oxygens (including phenoxy) is 3. The summed E-state index contributed by atoms with van der Waals surface area (Å²) in [6.07, 6.45) is -1.05. The summed E-state index contributed by atoms with van der Waals surface area (Å²) >= 11 is 3.33. The maximum Gasteiger partial charge on any atom is 0.339 e. The minimum atomic E-state index is -1.05. The molecule has 0 spiro atoms. The van der Waals surface area contributed by atoms with Gasteiger partial charge in [0.15, 0.2) is 11.9 Å². The van der Waals surface area contributed by atoms with Crippen LogP contribution in [0.4, 0.5) is 0 Å². The van der Waals surface area contributed by atoms with Gasteiger partial charge in [-0.3, -0.25) is 9.59 Å². The summed E-state index contributed by atoms with van der Waals surface area (Å²) in [5, 5.41) is 0. The molecule has 1 aromatic carbocycles. The van der Waals surface area contributed by atoms with Crippen LogP contribution in [0, 0.1) is 13.8 Å². The summed E-state index contributed by atoms with van der Waals surface area (Å²) in [6.45, 7) is 6.33. The highest BCUT2D eigenvalue weighted by Crippen LogP contribution is 2.36. The smallest absolute Gasteiger partial charge is 0.339 e. The predicted octanol–water partition coefficient (Wildman–Crippen LogP) is 4.04.